The monoisotopic (exact) mass is 947 g/mol. The van der Waals surface area contributed by atoms with Crippen LogP contribution in [0.15, 0.2) is 24.3 Å². The van der Waals surface area contributed by atoms with E-state index < -0.39 is 59.8 Å². The molecular weight excluding hydrogens is 849 g/mol. The molecule has 0 aromatic carbocycles. The molecule has 6 unspecified atom stereocenters. The van der Waals surface area contributed by atoms with Gasteiger partial charge >= 0.3 is 16.4 Å². The van der Waals surface area contributed by atoms with Gasteiger partial charge in [0.2, 0.25) is 0 Å². The van der Waals surface area contributed by atoms with Crippen LogP contribution in [0.4, 0.5) is 0 Å². The van der Waals surface area contributed by atoms with Crippen LogP contribution in [0.25, 0.3) is 0 Å². The number of rotatable bonds is 47. The summed E-state index contributed by atoms with van der Waals surface area (Å²) < 4.78 is 59.3. The number of allylic oxidation sites excluding steroid dienone is 4. The summed E-state index contributed by atoms with van der Waals surface area (Å²) in [6, 6.07) is 0. The number of hydrogen-bond acceptors (Lipinski definition) is 11. The van der Waals surface area contributed by atoms with Crippen LogP contribution < -0.4 is 0 Å². The van der Waals surface area contributed by atoms with Gasteiger partial charge in [-0.15, -0.1) is 0 Å². The Morgan fingerprint density at radius 3 is 1.49 bits per heavy atom. The highest BCUT2D eigenvalue weighted by Crippen LogP contribution is 2.26. The smallest absolute Gasteiger partial charge is 0.397 e. The predicted octanol–water partition coefficient (Wildman–Crippen LogP) is 12.4. The van der Waals surface area contributed by atoms with E-state index in [1.54, 1.807) is 0 Å². The zero-order valence-electron chi connectivity index (χ0n) is 41.3. The Morgan fingerprint density at radius 2 is 1.02 bits per heavy atom. The molecule has 4 N–H and O–H groups in total. The molecule has 6 atom stereocenters. The third-order valence-electron chi connectivity index (χ3n) is 12.3. The maximum absolute atomic E-state index is 12.9. The maximum Gasteiger partial charge on any atom is 0.397 e. The Bertz CT molecular complexity index is 1230. The van der Waals surface area contributed by atoms with E-state index in [1.807, 2.05) is 0 Å². The molecule has 1 saturated heterocycles. The van der Waals surface area contributed by atoms with E-state index in [0.717, 1.165) is 51.4 Å². The van der Waals surface area contributed by atoms with Gasteiger partial charge in [0.1, 0.15) is 30.5 Å². The molecule has 0 aliphatic carbocycles. The van der Waals surface area contributed by atoms with Gasteiger partial charge in [-0.1, -0.05) is 212 Å². The zero-order chi connectivity index (χ0) is 47.5. The standard InChI is InChI=1S/C52H98O12S/c1-3-5-7-9-11-13-15-17-19-21-23-24-25-27-29-31-33-35-37-39-41-48(54)62-46(45-61-52-50(56)51(64-65(57,58)59)49(55)47(43-53)63-52)44-60-42-40-38-36-34-32-30-28-26-22-20-18-16-14-12-10-8-6-4-2/h12,14,18,20,46-47,49-53,55-56H,3-11,13,15-17,19,21-45H2,1-2H3,(H,57,58,59)/b14-12-,20-18-. The van der Waals surface area contributed by atoms with Gasteiger partial charge in [0.25, 0.3) is 0 Å². The fraction of sp³-hybridized carbons (Fsp3) is 0.904. The zero-order valence-corrected chi connectivity index (χ0v) is 42.1. The number of aliphatic hydroxyl groups is 3. The van der Waals surface area contributed by atoms with E-state index in [4.69, 9.17) is 18.9 Å². The van der Waals surface area contributed by atoms with Gasteiger partial charge < -0.3 is 34.3 Å². The molecular formula is C52H98O12S. The van der Waals surface area contributed by atoms with Crippen LogP contribution >= 0.6 is 0 Å². The second kappa shape index (κ2) is 43.8. The first-order valence-corrected chi connectivity index (χ1v) is 28.0. The van der Waals surface area contributed by atoms with Crippen molar-refractivity contribution in [2.24, 2.45) is 0 Å². The average molecular weight is 947 g/mol. The molecule has 1 heterocycles. The van der Waals surface area contributed by atoms with Gasteiger partial charge in [0.15, 0.2) is 6.29 Å². The van der Waals surface area contributed by atoms with Crippen LogP contribution in [0.1, 0.15) is 239 Å². The van der Waals surface area contributed by atoms with Gasteiger partial charge in [-0.3, -0.25) is 9.35 Å². The molecule has 384 valence electrons. The third kappa shape index (κ3) is 37.2. The Balaban J connectivity index is 2.34. The van der Waals surface area contributed by atoms with Crippen molar-refractivity contribution in [3.8, 4) is 0 Å². The summed E-state index contributed by atoms with van der Waals surface area (Å²) in [5.74, 6) is -0.396. The highest BCUT2D eigenvalue weighted by atomic mass is 32.3. The minimum Gasteiger partial charge on any atom is -0.457 e. The van der Waals surface area contributed by atoms with Gasteiger partial charge in [-0.2, -0.15) is 8.42 Å². The Morgan fingerprint density at radius 1 is 0.585 bits per heavy atom. The highest BCUT2D eigenvalue weighted by molar-refractivity contribution is 7.80. The van der Waals surface area contributed by atoms with Crippen molar-refractivity contribution in [3.63, 3.8) is 0 Å². The molecule has 0 amide bonds. The molecule has 1 aliphatic heterocycles. The molecule has 0 spiro atoms. The van der Waals surface area contributed by atoms with Crippen LogP contribution in [0.5, 0.6) is 0 Å². The van der Waals surface area contributed by atoms with Crippen LogP contribution in [0.3, 0.4) is 0 Å². The molecule has 0 bridgehead atoms. The molecule has 0 aromatic rings. The van der Waals surface area contributed by atoms with E-state index in [9.17, 15) is 33.1 Å². The first-order chi connectivity index (χ1) is 31.6. The van der Waals surface area contributed by atoms with E-state index in [-0.39, 0.29) is 19.6 Å². The summed E-state index contributed by atoms with van der Waals surface area (Å²) in [7, 11) is -5.06. The number of carbonyl (C=O) groups is 1. The fourth-order valence-corrected chi connectivity index (χ4v) is 8.80. The lowest BCUT2D eigenvalue weighted by Crippen LogP contribution is -2.60. The van der Waals surface area contributed by atoms with Gasteiger partial charge in [-0.05, 0) is 44.9 Å². The first-order valence-electron chi connectivity index (χ1n) is 26.6. The minimum atomic E-state index is -5.06. The van der Waals surface area contributed by atoms with Crippen LogP contribution in [-0.4, -0.2) is 97.5 Å². The summed E-state index contributed by atoms with van der Waals surface area (Å²) in [5.41, 5.74) is 0. The lowest BCUT2D eigenvalue weighted by atomic mass is 9.99. The summed E-state index contributed by atoms with van der Waals surface area (Å²) in [6.07, 6.45) is 42.1. The van der Waals surface area contributed by atoms with Crippen molar-refractivity contribution >= 4 is 16.4 Å². The maximum atomic E-state index is 12.9. The van der Waals surface area contributed by atoms with Gasteiger partial charge in [-0.25, -0.2) is 4.18 Å². The SMILES string of the molecule is CCCCC/C=C\C/C=C\CCCCCCCCCCOCC(COC1OC(CO)C(O)C(OS(=O)(=O)O)C1O)OC(=O)CCCCCCCCCCCCCCCCCCCCCC. The number of ether oxygens (including phenoxy) is 4. The molecule has 1 fully saturated rings. The summed E-state index contributed by atoms with van der Waals surface area (Å²) in [4.78, 5) is 12.9. The number of unbranched alkanes of at least 4 members (excludes halogenated alkanes) is 30. The molecule has 0 aromatic heterocycles. The minimum absolute atomic E-state index is 0.0362. The van der Waals surface area contributed by atoms with Crippen molar-refractivity contribution in [2.45, 2.75) is 275 Å². The number of esters is 1. The van der Waals surface area contributed by atoms with Crippen molar-refractivity contribution in [1.29, 1.82) is 0 Å². The second-order valence-electron chi connectivity index (χ2n) is 18.5. The van der Waals surface area contributed by atoms with E-state index >= 15 is 0 Å². The van der Waals surface area contributed by atoms with Crippen molar-refractivity contribution < 1.29 is 56.2 Å². The normalized spacial score (nSPS) is 19.8. The van der Waals surface area contributed by atoms with E-state index in [2.05, 4.69) is 42.3 Å². The van der Waals surface area contributed by atoms with Gasteiger partial charge in [0.05, 0.1) is 19.8 Å². The number of carbonyl (C=O) groups excluding carboxylic acids is 1. The third-order valence-corrected chi connectivity index (χ3v) is 12.8. The van der Waals surface area contributed by atoms with Crippen molar-refractivity contribution in [2.75, 3.05) is 26.4 Å². The average Bonchev–Trinajstić information content (AvgIpc) is 3.28. The molecule has 1 rings (SSSR count). The Labute approximate surface area is 397 Å². The highest BCUT2D eigenvalue weighted by Gasteiger charge is 2.48. The van der Waals surface area contributed by atoms with Crippen molar-refractivity contribution in [3.05, 3.63) is 24.3 Å². The second-order valence-corrected chi connectivity index (χ2v) is 19.5. The lowest BCUT2D eigenvalue weighted by Gasteiger charge is -2.41. The molecule has 12 nitrogen and oxygen atoms in total. The van der Waals surface area contributed by atoms with Crippen LogP contribution in [-0.2, 0) is 38.3 Å². The topological polar surface area (TPSA) is 178 Å². The molecule has 1 aliphatic rings. The largest absolute Gasteiger partial charge is 0.457 e. The first kappa shape index (κ1) is 61.6. The molecule has 13 heteroatoms. The van der Waals surface area contributed by atoms with E-state index in [1.165, 1.54) is 161 Å². The van der Waals surface area contributed by atoms with E-state index in [0.29, 0.717) is 13.0 Å². The van der Waals surface area contributed by atoms with Crippen molar-refractivity contribution in [1.82, 2.24) is 0 Å². The van der Waals surface area contributed by atoms with Crippen LogP contribution in [0.2, 0.25) is 0 Å². The molecule has 0 radical (unpaired) electrons. The quantitative estimate of drug-likeness (QED) is 0.0197. The Hall–Kier alpha value is -1.42. The lowest BCUT2D eigenvalue weighted by molar-refractivity contribution is -0.301. The molecule has 65 heavy (non-hydrogen) atoms. The molecule has 0 saturated carbocycles. The van der Waals surface area contributed by atoms with Gasteiger partial charge in [0, 0.05) is 13.0 Å². The fourth-order valence-electron chi connectivity index (χ4n) is 8.29. The number of hydrogen-bond donors (Lipinski definition) is 4. The summed E-state index contributed by atoms with van der Waals surface area (Å²) >= 11 is 0. The number of aliphatic hydroxyl groups excluding tert-OH is 3. The predicted molar refractivity (Wildman–Crippen MR) is 262 cm³/mol. The summed E-state index contributed by atoms with van der Waals surface area (Å²) in [5, 5.41) is 30.8. The Kier molecular flexibility index (Phi) is 41.5. The van der Waals surface area contributed by atoms with Crippen LogP contribution in [0, 0.1) is 0 Å². The summed E-state index contributed by atoms with van der Waals surface area (Å²) in [6.45, 7) is 4.00.